The summed E-state index contributed by atoms with van der Waals surface area (Å²) in [5.74, 6) is 6.56. The summed E-state index contributed by atoms with van der Waals surface area (Å²) >= 11 is 1.65. The average Bonchev–Trinajstić information content (AvgIpc) is 3.01. The standard InChI is InChI=1S/C13H20N4OS/c1-4-17-10(5-9(2)16-17)6-12(15-14)13-7-11(18-3)8-19-13/h5,7-8,12,15H,4,6,14H2,1-3H3. The fourth-order valence-corrected chi connectivity index (χ4v) is 3.03. The van der Waals surface area contributed by atoms with Crippen molar-refractivity contribution in [3.63, 3.8) is 0 Å². The van der Waals surface area contributed by atoms with Crippen molar-refractivity contribution in [2.75, 3.05) is 7.11 Å². The molecule has 0 spiro atoms. The Bertz CT molecular complexity index is 534. The van der Waals surface area contributed by atoms with E-state index in [1.54, 1.807) is 18.4 Å². The number of aryl methyl sites for hydroxylation is 2. The van der Waals surface area contributed by atoms with Gasteiger partial charge in [-0.15, -0.1) is 11.3 Å². The summed E-state index contributed by atoms with van der Waals surface area (Å²) in [6.07, 6.45) is 0.814. The first-order valence-corrected chi connectivity index (χ1v) is 7.17. The van der Waals surface area contributed by atoms with Gasteiger partial charge in [-0.2, -0.15) is 5.10 Å². The molecule has 19 heavy (non-hydrogen) atoms. The van der Waals surface area contributed by atoms with Gasteiger partial charge in [0.2, 0.25) is 0 Å². The molecule has 0 aliphatic heterocycles. The van der Waals surface area contributed by atoms with Crippen molar-refractivity contribution in [1.82, 2.24) is 15.2 Å². The second kappa shape index (κ2) is 6.18. The van der Waals surface area contributed by atoms with Crippen LogP contribution in [0.1, 0.15) is 29.2 Å². The quantitative estimate of drug-likeness (QED) is 0.627. The largest absolute Gasteiger partial charge is 0.496 e. The van der Waals surface area contributed by atoms with Gasteiger partial charge in [-0.25, -0.2) is 0 Å². The molecule has 0 bridgehead atoms. The minimum absolute atomic E-state index is 0.0790. The van der Waals surface area contributed by atoms with Crippen LogP contribution in [0.2, 0.25) is 0 Å². The maximum absolute atomic E-state index is 5.69. The van der Waals surface area contributed by atoms with Crippen LogP contribution in [0, 0.1) is 6.92 Å². The summed E-state index contributed by atoms with van der Waals surface area (Å²) in [5.41, 5.74) is 5.11. The highest BCUT2D eigenvalue weighted by Gasteiger charge is 2.16. The fourth-order valence-electron chi connectivity index (χ4n) is 2.11. The molecule has 0 aliphatic carbocycles. The highest BCUT2D eigenvalue weighted by atomic mass is 32.1. The van der Waals surface area contributed by atoms with Gasteiger partial charge in [0.05, 0.1) is 18.8 Å². The molecule has 2 heterocycles. The average molecular weight is 280 g/mol. The summed E-state index contributed by atoms with van der Waals surface area (Å²) in [4.78, 5) is 1.17. The monoisotopic (exact) mass is 280 g/mol. The zero-order valence-corrected chi connectivity index (χ0v) is 12.3. The van der Waals surface area contributed by atoms with E-state index >= 15 is 0 Å². The highest BCUT2D eigenvalue weighted by molar-refractivity contribution is 7.10. The predicted molar refractivity (Wildman–Crippen MR) is 77.3 cm³/mol. The molecule has 2 aromatic rings. The van der Waals surface area contributed by atoms with Crippen LogP contribution in [-0.4, -0.2) is 16.9 Å². The lowest BCUT2D eigenvalue weighted by molar-refractivity contribution is 0.415. The molecule has 1 unspecified atom stereocenters. The lowest BCUT2D eigenvalue weighted by atomic mass is 10.1. The van der Waals surface area contributed by atoms with Gasteiger partial charge in [0, 0.05) is 28.9 Å². The van der Waals surface area contributed by atoms with Crippen molar-refractivity contribution >= 4 is 11.3 Å². The Balaban J connectivity index is 2.18. The molecule has 0 fully saturated rings. The van der Waals surface area contributed by atoms with Crippen LogP contribution in [-0.2, 0) is 13.0 Å². The molecule has 0 amide bonds. The fraction of sp³-hybridized carbons (Fsp3) is 0.462. The Hall–Kier alpha value is -1.37. The van der Waals surface area contributed by atoms with Crippen LogP contribution >= 0.6 is 11.3 Å². The Kier molecular flexibility index (Phi) is 4.57. The number of hydrazine groups is 1. The van der Waals surface area contributed by atoms with Gasteiger partial charge in [-0.3, -0.25) is 16.0 Å². The highest BCUT2D eigenvalue weighted by Crippen LogP contribution is 2.28. The molecule has 6 heteroatoms. The van der Waals surface area contributed by atoms with Crippen LogP contribution in [0.3, 0.4) is 0 Å². The maximum atomic E-state index is 5.69. The normalized spacial score (nSPS) is 12.6. The number of methoxy groups -OCH3 is 1. The van der Waals surface area contributed by atoms with Crippen molar-refractivity contribution in [2.24, 2.45) is 5.84 Å². The molecule has 2 aromatic heterocycles. The van der Waals surface area contributed by atoms with Gasteiger partial charge in [0.25, 0.3) is 0 Å². The van der Waals surface area contributed by atoms with E-state index in [2.05, 4.69) is 23.5 Å². The molecular formula is C13H20N4OS. The lowest BCUT2D eigenvalue weighted by Gasteiger charge is -2.14. The van der Waals surface area contributed by atoms with Gasteiger partial charge < -0.3 is 4.74 Å². The van der Waals surface area contributed by atoms with Gasteiger partial charge in [-0.05, 0) is 26.0 Å². The third-order valence-electron chi connectivity index (χ3n) is 3.07. The molecule has 0 aromatic carbocycles. The van der Waals surface area contributed by atoms with E-state index in [9.17, 15) is 0 Å². The van der Waals surface area contributed by atoms with Crippen molar-refractivity contribution in [1.29, 1.82) is 0 Å². The van der Waals surface area contributed by atoms with E-state index in [0.29, 0.717) is 0 Å². The van der Waals surface area contributed by atoms with E-state index in [4.69, 9.17) is 10.6 Å². The number of hydrogen-bond acceptors (Lipinski definition) is 5. The lowest BCUT2D eigenvalue weighted by Crippen LogP contribution is -2.29. The van der Waals surface area contributed by atoms with Crippen LogP contribution in [0.15, 0.2) is 17.5 Å². The van der Waals surface area contributed by atoms with Gasteiger partial charge in [0.1, 0.15) is 5.75 Å². The summed E-state index contributed by atoms with van der Waals surface area (Å²) in [6, 6.07) is 4.21. The van der Waals surface area contributed by atoms with E-state index in [0.717, 1.165) is 24.4 Å². The third-order valence-corrected chi connectivity index (χ3v) is 4.10. The van der Waals surface area contributed by atoms with Gasteiger partial charge in [0.15, 0.2) is 0 Å². The number of rotatable bonds is 6. The second-order valence-electron chi connectivity index (χ2n) is 4.41. The van der Waals surface area contributed by atoms with Crippen LogP contribution < -0.4 is 16.0 Å². The van der Waals surface area contributed by atoms with E-state index in [-0.39, 0.29) is 6.04 Å². The van der Waals surface area contributed by atoms with Crippen LogP contribution in [0.25, 0.3) is 0 Å². The zero-order chi connectivity index (χ0) is 13.8. The number of hydrogen-bond donors (Lipinski definition) is 2. The first-order chi connectivity index (χ1) is 9.17. The molecule has 0 radical (unpaired) electrons. The number of thiophene rings is 1. The molecule has 5 nitrogen and oxygen atoms in total. The third kappa shape index (κ3) is 3.15. The van der Waals surface area contributed by atoms with Crippen molar-refractivity contribution in [3.8, 4) is 5.75 Å². The van der Waals surface area contributed by atoms with E-state index in [1.807, 2.05) is 23.1 Å². The summed E-state index contributed by atoms with van der Waals surface area (Å²) in [6.45, 7) is 4.97. The molecule has 2 rings (SSSR count). The molecular weight excluding hydrogens is 260 g/mol. The summed E-state index contributed by atoms with van der Waals surface area (Å²) < 4.78 is 7.23. The van der Waals surface area contributed by atoms with Gasteiger partial charge >= 0.3 is 0 Å². The maximum Gasteiger partial charge on any atom is 0.129 e. The molecule has 104 valence electrons. The Labute approximate surface area is 117 Å². The number of aromatic nitrogens is 2. The molecule has 0 saturated carbocycles. The SMILES string of the molecule is CCn1nc(C)cc1CC(NN)c1cc(OC)cs1. The molecule has 3 N–H and O–H groups in total. The number of nitrogens with two attached hydrogens (primary N) is 1. The number of nitrogens with zero attached hydrogens (tertiary/aromatic N) is 2. The summed E-state index contributed by atoms with van der Waals surface area (Å²) in [5, 5.41) is 6.45. The first-order valence-electron chi connectivity index (χ1n) is 6.29. The Morgan fingerprint density at radius 2 is 2.32 bits per heavy atom. The number of nitrogens with one attached hydrogen (secondary N) is 1. The minimum atomic E-state index is 0.0790. The van der Waals surface area contributed by atoms with Crippen molar-refractivity contribution in [2.45, 2.75) is 32.9 Å². The molecule has 0 saturated heterocycles. The predicted octanol–water partition coefficient (Wildman–Crippen LogP) is 2.03. The van der Waals surface area contributed by atoms with Gasteiger partial charge in [-0.1, -0.05) is 0 Å². The smallest absolute Gasteiger partial charge is 0.129 e. The van der Waals surface area contributed by atoms with E-state index < -0.39 is 0 Å². The van der Waals surface area contributed by atoms with Crippen LogP contribution in [0.5, 0.6) is 5.75 Å². The molecule has 0 aliphatic rings. The topological polar surface area (TPSA) is 65.1 Å². The van der Waals surface area contributed by atoms with Crippen LogP contribution in [0.4, 0.5) is 0 Å². The Morgan fingerprint density at radius 3 is 2.89 bits per heavy atom. The first kappa shape index (κ1) is 14.0. The minimum Gasteiger partial charge on any atom is -0.496 e. The summed E-state index contributed by atoms with van der Waals surface area (Å²) in [7, 11) is 1.67. The van der Waals surface area contributed by atoms with Crippen molar-refractivity contribution < 1.29 is 4.74 Å². The number of ether oxygens (including phenoxy) is 1. The Morgan fingerprint density at radius 1 is 1.53 bits per heavy atom. The zero-order valence-electron chi connectivity index (χ0n) is 11.5. The van der Waals surface area contributed by atoms with E-state index in [1.165, 1.54) is 10.6 Å². The van der Waals surface area contributed by atoms with Crippen molar-refractivity contribution in [3.05, 3.63) is 33.8 Å². The molecule has 1 atom stereocenters. The second-order valence-corrected chi connectivity index (χ2v) is 5.35.